The molecular weight excluding hydrogens is 464 g/mol. The molecule has 0 saturated heterocycles. The quantitative estimate of drug-likeness (QED) is 0.290. The SMILES string of the molecule is Cc1ccc(-c2cnc3ccc(Oc4cc(NC(=O)Nc5cccc(F)c5)ccc4F)cc3n2)cn1. The van der Waals surface area contributed by atoms with E-state index in [4.69, 9.17) is 4.74 Å². The van der Waals surface area contributed by atoms with E-state index >= 15 is 0 Å². The van der Waals surface area contributed by atoms with E-state index in [1.54, 1.807) is 36.7 Å². The molecule has 0 saturated carbocycles. The summed E-state index contributed by atoms with van der Waals surface area (Å²) < 4.78 is 33.6. The molecule has 5 aromatic rings. The molecule has 178 valence electrons. The van der Waals surface area contributed by atoms with Gasteiger partial charge in [0.2, 0.25) is 0 Å². The molecule has 0 atom stereocenters. The summed E-state index contributed by atoms with van der Waals surface area (Å²) in [6, 6.07) is 17.6. The number of nitrogens with zero attached hydrogens (tertiary/aromatic N) is 3. The molecule has 0 aliphatic heterocycles. The van der Waals surface area contributed by atoms with Crippen LogP contribution in [0.1, 0.15) is 5.69 Å². The zero-order valence-electron chi connectivity index (χ0n) is 19.0. The van der Waals surface area contributed by atoms with Gasteiger partial charge in [-0.25, -0.2) is 18.6 Å². The van der Waals surface area contributed by atoms with Gasteiger partial charge in [-0.3, -0.25) is 9.97 Å². The number of hydrogen-bond donors (Lipinski definition) is 2. The summed E-state index contributed by atoms with van der Waals surface area (Å²) in [5.41, 5.74) is 4.15. The van der Waals surface area contributed by atoms with E-state index in [9.17, 15) is 13.6 Å². The van der Waals surface area contributed by atoms with E-state index in [2.05, 4.69) is 25.6 Å². The van der Waals surface area contributed by atoms with Gasteiger partial charge in [0.15, 0.2) is 11.6 Å². The molecule has 0 fully saturated rings. The molecule has 0 aliphatic carbocycles. The second-order valence-electron chi connectivity index (χ2n) is 7.93. The number of hydrogen-bond acceptors (Lipinski definition) is 5. The second kappa shape index (κ2) is 9.75. The zero-order valence-corrected chi connectivity index (χ0v) is 19.0. The maximum absolute atomic E-state index is 14.5. The second-order valence-corrected chi connectivity index (χ2v) is 7.93. The summed E-state index contributed by atoms with van der Waals surface area (Å²) in [7, 11) is 0. The summed E-state index contributed by atoms with van der Waals surface area (Å²) >= 11 is 0. The number of benzene rings is 3. The molecule has 0 aliphatic rings. The van der Waals surface area contributed by atoms with Crippen molar-refractivity contribution in [1.29, 1.82) is 0 Å². The van der Waals surface area contributed by atoms with Crippen molar-refractivity contribution in [2.75, 3.05) is 10.6 Å². The first-order valence-corrected chi connectivity index (χ1v) is 10.9. The van der Waals surface area contributed by atoms with Gasteiger partial charge in [0.1, 0.15) is 11.6 Å². The van der Waals surface area contributed by atoms with Crippen LogP contribution in [0, 0.1) is 18.6 Å². The lowest BCUT2D eigenvalue weighted by Gasteiger charge is -2.11. The molecule has 0 bridgehead atoms. The van der Waals surface area contributed by atoms with Crippen LogP contribution in [0.3, 0.4) is 0 Å². The van der Waals surface area contributed by atoms with Crippen LogP contribution in [-0.2, 0) is 0 Å². The minimum atomic E-state index is -0.614. The monoisotopic (exact) mass is 483 g/mol. The van der Waals surface area contributed by atoms with Gasteiger partial charge in [-0.2, -0.15) is 0 Å². The Labute approximate surface area is 204 Å². The van der Waals surface area contributed by atoms with Gasteiger partial charge in [-0.05, 0) is 61.5 Å². The van der Waals surface area contributed by atoms with Crippen LogP contribution < -0.4 is 15.4 Å². The first-order chi connectivity index (χ1) is 17.4. The van der Waals surface area contributed by atoms with E-state index in [1.165, 1.54) is 36.4 Å². The average molecular weight is 483 g/mol. The highest BCUT2D eigenvalue weighted by atomic mass is 19.1. The highest BCUT2D eigenvalue weighted by Gasteiger charge is 2.11. The van der Waals surface area contributed by atoms with E-state index in [0.717, 1.165) is 11.3 Å². The van der Waals surface area contributed by atoms with Gasteiger partial charge in [0.05, 0.1) is 22.9 Å². The summed E-state index contributed by atoms with van der Waals surface area (Å²) in [5.74, 6) is -0.842. The molecule has 0 spiro atoms. The average Bonchev–Trinajstić information content (AvgIpc) is 2.86. The first kappa shape index (κ1) is 22.9. The number of anilines is 2. The molecule has 9 heteroatoms. The fourth-order valence-electron chi connectivity index (χ4n) is 3.46. The fraction of sp³-hybridized carbons (Fsp3) is 0.0370. The maximum atomic E-state index is 14.5. The molecule has 0 radical (unpaired) electrons. The van der Waals surface area contributed by atoms with Crippen molar-refractivity contribution in [3.63, 3.8) is 0 Å². The Bertz CT molecular complexity index is 1580. The first-order valence-electron chi connectivity index (χ1n) is 10.9. The molecule has 5 rings (SSSR count). The van der Waals surface area contributed by atoms with Crippen molar-refractivity contribution in [3.05, 3.63) is 103 Å². The standard InChI is InChI=1S/C27H19F2N5O2/c1-16-5-6-17(14-30-16)25-15-31-23-10-8-21(13-24(23)34-25)36-26-12-20(7-9-22(26)29)33-27(35)32-19-4-2-3-18(28)11-19/h2-15H,1H3,(H2,32,33,35). The van der Waals surface area contributed by atoms with Crippen LogP contribution in [0.2, 0.25) is 0 Å². The Morgan fingerprint density at radius 1 is 0.833 bits per heavy atom. The Morgan fingerprint density at radius 3 is 2.44 bits per heavy atom. The lowest BCUT2D eigenvalue weighted by atomic mass is 10.2. The van der Waals surface area contributed by atoms with Crippen LogP contribution in [0.5, 0.6) is 11.5 Å². The normalized spacial score (nSPS) is 10.8. The molecule has 0 unspecified atom stereocenters. The number of pyridine rings is 1. The number of aryl methyl sites for hydroxylation is 1. The van der Waals surface area contributed by atoms with Crippen LogP contribution >= 0.6 is 0 Å². The van der Waals surface area contributed by atoms with Crippen molar-refractivity contribution in [1.82, 2.24) is 15.0 Å². The lowest BCUT2D eigenvalue weighted by molar-refractivity contribution is 0.262. The third kappa shape index (κ3) is 5.25. The smallest absolute Gasteiger partial charge is 0.323 e. The molecule has 2 amide bonds. The van der Waals surface area contributed by atoms with Crippen LogP contribution in [-0.4, -0.2) is 21.0 Å². The number of halogens is 2. The van der Waals surface area contributed by atoms with Gasteiger partial charge < -0.3 is 15.4 Å². The Balaban J connectivity index is 1.35. The molecule has 2 N–H and O–H groups in total. The number of ether oxygens (including phenoxy) is 1. The number of carbonyl (C=O) groups is 1. The molecular formula is C27H19F2N5O2. The minimum Gasteiger partial charge on any atom is -0.454 e. The van der Waals surface area contributed by atoms with Crippen LogP contribution in [0.4, 0.5) is 25.0 Å². The van der Waals surface area contributed by atoms with Gasteiger partial charge in [-0.15, -0.1) is 0 Å². The van der Waals surface area contributed by atoms with Crippen molar-refractivity contribution in [2.24, 2.45) is 0 Å². The Hall–Kier alpha value is -4.92. The zero-order chi connectivity index (χ0) is 25.1. The van der Waals surface area contributed by atoms with Crippen LogP contribution in [0.25, 0.3) is 22.3 Å². The number of urea groups is 1. The molecule has 36 heavy (non-hydrogen) atoms. The maximum Gasteiger partial charge on any atom is 0.323 e. The third-order valence-corrected chi connectivity index (χ3v) is 5.22. The Morgan fingerprint density at radius 2 is 1.67 bits per heavy atom. The largest absolute Gasteiger partial charge is 0.454 e. The summed E-state index contributed by atoms with van der Waals surface area (Å²) in [6.45, 7) is 1.90. The number of nitrogens with one attached hydrogen (secondary N) is 2. The van der Waals surface area contributed by atoms with Gasteiger partial charge >= 0.3 is 6.03 Å². The molecule has 2 aromatic heterocycles. The Kier molecular flexibility index (Phi) is 6.19. The topological polar surface area (TPSA) is 89.0 Å². The predicted molar refractivity (Wildman–Crippen MR) is 133 cm³/mol. The van der Waals surface area contributed by atoms with E-state index in [0.29, 0.717) is 22.5 Å². The number of aromatic nitrogens is 3. The number of fused-ring (bicyclic) bond motifs is 1. The summed E-state index contributed by atoms with van der Waals surface area (Å²) in [6.07, 6.45) is 3.39. The molecule has 3 aromatic carbocycles. The fourth-order valence-corrected chi connectivity index (χ4v) is 3.46. The molecule has 7 nitrogen and oxygen atoms in total. The number of amides is 2. The van der Waals surface area contributed by atoms with Crippen molar-refractivity contribution >= 4 is 28.4 Å². The van der Waals surface area contributed by atoms with Crippen molar-refractivity contribution in [2.45, 2.75) is 6.92 Å². The number of rotatable bonds is 5. The van der Waals surface area contributed by atoms with Crippen molar-refractivity contribution < 1.29 is 18.3 Å². The van der Waals surface area contributed by atoms with Gasteiger partial charge in [0.25, 0.3) is 0 Å². The van der Waals surface area contributed by atoms with Crippen LogP contribution in [0.15, 0.2) is 85.2 Å². The predicted octanol–water partition coefficient (Wildman–Crippen LogP) is 6.71. The highest BCUT2D eigenvalue weighted by molar-refractivity contribution is 5.99. The van der Waals surface area contributed by atoms with E-state index in [1.807, 2.05) is 19.1 Å². The lowest BCUT2D eigenvalue weighted by Crippen LogP contribution is -2.19. The molecule has 2 heterocycles. The van der Waals surface area contributed by atoms with Crippen molar-refractivity contribution in [3.8, 4) is 22.8 Å². The van der Waals surface area contributed by atoms with Gasteiger partial charge in [0, 0.05) is 41.0 Å². The van der Waals surface area contributed by atoms with Gasteiger partial charge in [-0.1, -0.05) is 6.07 Å². The summed E-state index contributed by atoms with van der Waals surface area (Å²) in [4.78, 5) is 25.6. The number of carbonyl (C=O) groups excluding carboxylic acids is 1. The van der Waals surface area contributed by atoms with E-state index in [-0.39, 0.29) is 17.1 Å². The minimum absolute atomic E-state index is 0.0928. The third-order valence-electron chi connectivity index (χ3n) is 5.22. The highest BCUT2D eigenvalue weighted by Crippen LogP contribution is 2.30. The summed E-state index contributed by atoms with van der Waals surface area (Å²) in [5, 5.41) is 5.09. The van der Waals surface area contributed by atoms with E-state index < -0.39 is 17.7 Å².